The monoisotopic (exact) mass is 222 g/mol. The van der Waals surface area contributed by atoms with Gasteiger partial charge in [0.1, 0.15) is 18.0 Å². The average molecular weight is 222 g/mol. The van der Waals surface area contributed by atoms with Crippen LogP contribution < -0.4 is 16.6 Å². The Morgan fingerprint density at radius 1 is 1.50 bits per heavy atom. The van der Waals surface area contributed by atoms with E-state index in [0.717, 1.165) is 12.4 Å². The van der Waals surface area contributed by atoms with E-state index in [4.69, 9.17) is 5.84 Å². The Labute approximate surface area is 95.2 Å². The van der Waals surface area contributed by atoms with E-state index in [0.29, 0.717) is 11.9 Å². The van der Waals surface area contributed by atoms with Crippen molar-refractivity contribution >= 4 is 11.6 Å². The number of likely N-dealkylation sites (N-methyl/N-ethyl adjacent to an activating group) is 1. The van der Waals surface area contributed by atoms with Gasteiger partial charge in [-0.15, -0.1) is 0 Å². The molecule has 6 heteroatoms. The van der Waals surface area contributed by atoms with Gasteiger partial charge in [0.2, 0.25) is 0 Å². The van der Waals surface area contributed by atoms with E-state index in [1.807, 2.05) is 0 Å². The Kier molecular flexibility index (Phi) is 3.53. The van der Waals surface area contributed by atoms with E-state index < -0.39 is 0 Å². The SMILES string of the molecule is CN1CCCC1CNc1cc(NN)ncn1. The lowest BCUT2D eigenvalue weighted by atomic mass is 10.2. The van der Waals surface area contributed by atoms with Crippen molar-refractivity contribution in [2.24, 2.45) is 5.84 Å². The first-order valence-corrected chi connectivity index (χ1v) is 5.52. The van der Waals surface area contributed by atoms with Crippen molar-refractivity contribution in [1.29, 1.82) is 0 Å². The molecule has 0 radical (unpaired) electrons. The molecule has 1 aromatic heterocycles. The van der Waals surface area contributed by atoms with Crippen LogP contribution in [-0.2, 0) is 0 Å². The van der Waals surface area contributed by atoms with Crippen LogP contribution in [0, 0.1) is 0 Å². The van der Waals surface area contributed by atoms with Gasteiger partial charge in [0.05, 0.1) is 0 Å². The molecule has 1 atom stereocenters. The smallest absolute Gasteiger partial charge is 0.145 e. The molecule has 0 amide bonds. The van der Waals surface area contributed by atoms with Crippen molar-refractivity contribution in [1.82, 2.24) is 14.9 Å². The summed E-state index contributed by atoms with van der Waals surface area (Å²) in [4.78, 5) is 10.5. The number of anilines is 2. The number of rotatable bonds is 4. The largest absolute Gasteiger partial charge is 0.368 e. The maximum Gasteiger partial charge on any atom is 0.145 e. The van der Waals surface area contributed by atoms with E-state index in [-0.39, 0.29) is 0 Å². The standard InChI is InChI=1S/C10H18N6/c1-16-4-2-3-8(16)6-12-9-5-10(15-11)14-7-13-9/h5,7-8H,2-4,6,11H2,1H3,(H2,12,13,14,15). The predicted molar refractivity (Wildman–Crippen MR) is 64.0 cm³/mol. The van der Waals surface area contributed by atoms with Crippen LogP contribution in [0.1, 0.15) is 12.8 Å². The van der Waals surface area contributed by atoms with Crippen molar-refractivity contribution in [3.05, 3.63) is 12.4 Å². The maximum atomic E-state index is 5.28. The van der Waals surface area contributed by atoms with E-state index in [9.17, 15) is 0 Å². The molecule has 0 spiro atoms. The fourth-order valence-electron chi connectivity index (χ4n) is 1.99. The summed E-state index contributed by atoms with van der Waals surface area (Å²) in [7, 11) is 2.16. The Morgan fingerprint density at radius 3 is 3.00 bits per heavy atom. The highest BCUT2D eigenvalue weighted by Gasteiger charge is 2.20. The molecule has 2 heterocycles. The van der Waals surface area contributed by atoms with Gasteiger partial charge in [0.25, 0.3) is 0 Å². The molecule has 0 aromatic carbocycles. The minimum absolute atomic E-state index is 0.601. The summed E-state index contributed by atoms with van der Waals surface area (Å²) in [6, 6.07) is 2.40. The van der Waals surface area contributed by atoms with Gasteiger partial charge in [-0.3, -0.25) is 0 Å². The number of hydrogen-bond acceptors (Lipinski definition) is 6. The summed E-state index contributed by atoms with van der Waals surface area (Å²) in [5, 5.41) is 3.30. The van der Waals surface area contributed by atoms with Crippen molar-refractivity contribution < 1.29 is 0 Å². The van der Waals surface area contributed by atoms with Crippen LogP contribution in [0.4, 0.5) is 11.6 Å². The number of hydrazine groups is 1. The number of nitrogens with two attached hydrogens (primary N) is 1. The van der Waals surface area contributed by atoms with E-state index in [1.54, 1.807) is 6.07 Å². The summed E-state index contributed by atoms with van der Waals surface area (Å²) in [5.74, 6) is 6.71. The molecule has 1 aliphatic heterocycles. The van der Waals surface area contributed by atoms with Crippen molar-refractivity contribution in [2.45, 2.75) is 18.9 Å². The quantitative estimate of drug-likeness (QED) is 0.501. The first-order valence-electron chi connectivity index (χ1n) is 5.52. The van der Waals surface area contributed by atoms with Crippen LogP contribution in [0.5, 0.6) is 0 Å². The molecule has 2 rings (SSSR count). The zero-order valence-electron chi connectivity index (χ0n) is 9.48. The Bertz CT molecular complexity index is 342. The first-order chi connectivity index (χ1) is 7.79. The molecule has 1 fully saturated rings. The summed E-state index contributed by atoms with van der Waals surface area (Å²) in [6.07, 6.45) is 4.02. The highest BCUT2D eigenvalue weighted by Crippen LogP contribution is 2.15. The molecule has 1 saturated heterocycles. The number of hydrogen-bond donors (Lipinski definition) is 3. The summed E-state index contributed by atoms with van der Waals surface area (Å²) in [5.41, 5.74) is 2.50. The molecule has 1 aromatic rings. The van der Waals surface area contributed by atoms with Gasteiger partial charge in [0, 0.05) is 18.7 Å². The zero-order valence-corrected chi connectivity index (χ0v) is 9.48. The van der Waals surface area contributed by atoms with Gasteiger partial charge >= 0.3 is 0 Å². The zero-order chi connectivity index (χ0) is 11.4. The fraction of sp³-hybridized carbons (Fsp3) is 0.600. The number of aromatic nitrogens is 2. The molecule has 1 aliphatic rings. The second-order valence-corrected chi connectivity index (χ2v) is 4.09. The summed E-state index contributed by atoms with van der Waals surface area (Å²) in [6.45, 7) is 2.10. The number of nitrogens with zero attached hydrogens (tertiary/aromatic N) is 3. The van der Waals surface area contributed by atoms with E-state index in [1.165, 1.54) is 25.7 Å². The van der Waals surface area contributed by atoms with Gasteiger partial charge in [-0.25, -0.2) is 15.8 Å². The van der Waals surface area contributed by atoms with Crippen molar-refractivity contribution in [2.75, 3.05) is 30.9 Å². The van der Waals surface area contributed by atoms with Gasteiger partial charge in [-0.2, -0.15) is 0 Å². The lowest BCUT2D eigenvalue weighted by Gasteiger charge is -2.19. The lowest BCUT2D eigenvalue weighted by Crippen LogP contribution is -2.31. The molecule has 16 heavy (non-hydrogen) atoms. The molecule has 0 saturated carbocycles. The predicted octanol–water partition coefficient (Wildman–Crippen LogP) is 0.268. The van der Waals surface area contributed by atoms with Crippen LogP contribution >= 0.6 is 0 Å². The van der Waals surface area contributed by atoms with Crippen LogP contribution in [0.2, 0.25) is 0 Å². The second-order valence-electron chi connectivity index (χ2n) is 4.09. The summed E-state index contributed by atoms with van der Waals surface area (Å²) < 4.78 is 0. The fourth-order valence-corrected chi connectivity index (χ4v) is 1.99. The number of nitrogen functional groups attached to an aromatic ring is 1. The van der Waals surface area contributed by atoms with Crippen LogP contribution in [0.3, 0.4) is 0 Å². The first kappa shape index (κ1) is 11.1. The maximum absolute atomic E-state index is 5.28. The highest BCUT2D eigenvalue weighted by molar-refractivity contribution is 5.45. The highest BCUT2D eigenvalue weighted by atomic mass is 15.3. The molecule has 88 valence electrons. The van der Waals surface area contributed by atoms with Gasteiger partial charge < -0.3 is 15.6 Å². The van der Waals surface area contributed by atoms with Crippen LogP contribution in [-0.4, -0.2) is 41.0 Å². The topological polar surface area (TPSA) is 79.1 Å². The molecular formula is C10H18N6. The molecule has 6 nitrogen and oxygen atoms in total. The van der Waals surface area contributed by atoms with Crippen LogP contribution in [0.15, 0.2) is 12.4 Å². The molecular weight excluding hydrogens is 204 g/mol. The van der Waals surface area contributed by atoms with Crippen LogP contribution in [0.25, 0.3) is 0 Å². The van der Waals surface area contributed by atoms with Gasteiger partial charge in [-0.05, 0) is 26.4 Å². The Morgan fingerprint density at radius 2 is 2.31 bits per heavy atom. The average Bonchev–Trinajstić information content (AvgIpc) is 2.72. The minimum atomic E-state index is 0.601. The summed E-state index contributed by atoms with van der Waals surface area (Å²) >= 11 is 0. The minimum Gasteiger partial charge on any atom is -0.368 e. The van der Waals surface area contributed by atoms with Crippen molar-refractivity contribution in [3.63, 3.8) is 0 Å². The molecule has 1 unspecified atom stereocenters. The Hall–Kier alpha value is -1.40. The van der Waals surface area contributed by atoms with E-state index in [2.05, 4.69) is 32.7 Å². The lowest BCUT2D eigenvalue weighted by molar-refractivity contribution is 0.322. The third kappa shape index (κ3) is 2.59. The van der Waals surface area contributed by atoms with Crippen molar-refractivity contribution in [3.8, 4) is 0 Å². The van der Waals surface area contributed by atoms with Gasteiger partial charge in [0.15, 0.2) is 0 Å². The molecule has 4 N–H and O–H groups in total. The molecule has 0 aliphatic carbocycles. The molecule has 0 bridgehead atoms. The third-order valence-electron chi connectivity index (χ3n) is 3.01. The normalized spacial score (nSPS) is 21.0. The van der Waals surface area contributed by atoms with Gasteiger partial charge in [-0.1, -0.05) is 0 Å². The number of nitrogens with one attached hydrogen (secondary N) is 2. The second kappa shape index (κ2) is 5.09. The van der Waals surface area contributed by atoms with E-state index >= 15 is 0 Å². The third-order valence-corrected chi connectivity index (χ3v) is 3.01. The Balaban J connectivity index is 1.88. The number of likely N-dealkylation sites (tertiary alicyclic amines) is 1.